The second-order valence-corrected chi connectivity index (χ2v) is 4.50. The van der Waals surface area contributed by atoms with Crippen LogP contribution in [-0.2, 0) is 11.3 Å². The van der Waals surface area contributed by atoms with E-state index in [4.69, 9.17) is 5.11 Å². The van der Waals surface area contributed by atoms with Crippen LogP contribution in [0, 0.1) is 17.8 Å². The Hall–Kier alpha value is -1.79. The maximum absolute atomic E-state index is 11.6. The molecule has 1 aromatic rings. The first kappa shape index (κ1) is 15.3. The fourth-order valence-electron chi connectivity index (χ4n) is 1.48. The van der Waals surface area contributed by atoms with Gasteiger partial charge in [0.1, 0.15) is 0 Å². The highest BCUT2D eigenvalue weighted by molar-refractivity contribution is 5.78. The molecule has 0 fully saturated rings. The van der Waals surface area contributed by atoms with Crippen molar-refractivity contribution in [3.8, 4) is 11.8 Å². The van der Waals surface area contributed by atoms with Gasteiger partial charge in [0, 0.05) is 24.4 Å². The fourth-order valence-corrected chi connectivity index (χ4v) is 1.48. The minimum absolute atomic E-state index is 0.0589. The van der Waals surface area contributed by atoms with Gasteiger partial charge in [-0.3, -0.25) is 4.79 Å². The van der Waals surface area contributed by atoms with Gasteiger partial charge in [-0.05, 0) is 24.1 Å². The third kappa shape index (κ3) is 5.58. The summed E-state index contributed by atoms with van der Waals surface area (Å²) in [4.78, 5) is 11.6. The van der Waals surface area contributed by atoms with Crippen molar-refractivity contribution in [2.45, 2.75) is 33.2 Å². The molecule has 0 aliphatic rings. The number of carbonyl (C=O) groups excluding carboxylic acids is 1. The van der Waals surface area contributed by atoms with Gasteiger partial charge in [0.15, 0.2) is 0 Å². The number of carbonyl (C=O) groups is 1. The Balaban J connectivity index is 2.49. The quantitative estimate of drug-likeness (QED) is 0.795. The highest BCUT2D eigenvalue weighted by Crippen LogP contribution is 2.05. The van der Waals surface area contributed by atoms with Crippen LogP contribution in [0.1, 0.15) is 37.8 Å². The van der Waals surface area contributed by atoms with Crippen molar-refractivity contribution < 1.29 is 9.90 Å². The van der Waals surface area contributed by atoms with Gasteiger partial charge >= 0.3 is 0 Å². The van der Waals surface area contributed by atoms with E-state index in [1.54, 1.807) is 0 Å². The maximum Gasteiger partial charge on any atom is 0.223 e. The van der Waals surface area contributed by atoms with Crippen LogP contribution in [0.15, 0.2) is 24.3 Å². The second kappa shape index (κ2) is 8.34. The molecule has 0 spiro atoms. The number of nitrogens with one attached hydrogen (secondary N) is 1. The zero-order chi connectivity index (χ0) is 14.1. The van der Waals surface area contributed by atoms with E-state index in [0.717, 1.165) is 17.5 Å². The SMILES string of the molecule is CCC(C)C(=O)NCc1ccc(C#CCCO)cc1. The van der Waals surface area contributed by atoms with E-state index >= 15 is 0 Å². The van der Waals surface area contributed by atoms with E-state index in [2.05, 4.69) is 17.2 Å². The predicted molar refractivity (Wildman–Crippen MR) is 76.3 cm³/mol. The molecule has 1 amide bonds. The van der Waals surface area contributed by atoms with Crippen molar-refractivity contribution in [2.75, 3.05) is 6.61 Å². The van der Waals surface area contributed by atoms with Gasteiger partial charge in [-0.15, -0.1) is 0 Å². The predicted octanol–water partition coefficient (Wildman–Crippen LogP) is 2.08. The summed E-state index contributed by atoms with van der Waals surface area (Å²) in [5.74, 6) is 5.99. The van der Waals surface area contributed by atoms with Gasteiger partial charge in [0.05, 0.1) is 6.61 Å². The summed E-state index contributed by atoms with van der Waals surface area (Å²) in [6.45, 7) is 4.57. The smallest absolute Gasteiger partial charge is 0.223 e. The highest BCUT2D eigenvalue weighted by Gasteiger charge is 2.09. The number of hydrogen-bond acceptors (Lipinski definition) is 2. The monoisotopic (exact) mass is 259 g/mol. The highest BCUT2D eigenvalue weighted by atomic mass is 16.2. The standard InChI is InChI=1S/C16H21NO2/c1-3-13(2)16(19)17-12-15-9-7-14(8-10-15)6-4-5-11-18/h7-10,13,18H,3,5,11-12H2,1-2H3,(H,17,19). The molecule has 3 heteroatoms. The molecular weight excluding hydrogens is 238 g/mol. The molecule has 0 saturated heterocycles. The van der Waals surface area contributed by atoms with Crippen molar-refractivity contribution in [1.82, 2.24) is 5.32 Å². The largest absolute Gasteiger partial charge is 0.395 e. The second-order valence-electron chi connectivity index (χ2n) is 4.50. The molecule has 0 radical (unpaired) electrons. The normalized spacial score (nSPS) is 11.3. The molecule has 102 valence electrons. The van der Waals surface area contributed by atoms with Gasteiger partial charge in [-0.2, -0.15) is 0 Å². The van der Waals surface area contributed by atoms with Crippen LogP contribution >= 0.6 is 0 Å². The molecule has 0 aliphatic carbocycles. The number of amides is 1. The molecule has 0 heterocycles. The third-order valence-electron chi connectivity index (χ3n) is 2.95. The molecule has 0 saturated carbocycles. The summed E-state index contributed by atoms with van der Waals surface area (Å²) in [7, 11) is 0. The van der Waals surface area contributed by atoms with Gasteiger partial charge in [0.2, 0.25) is 5.91 Å². The Labute approximate surface area is 115 Å². The van der Waals surface area contributed by atoms with Crippen LogP contribution in [0.5, 0.6) is 0 Å². The zero-order valence-electron chi connectivity index (χ0n) is 11.6. The average Bonchev–Trinajstić information content (AvgIpc) is 2.45. The molecule has 3 nitrogen and oxygen atoms in total. The summed E-state index contributed by atoms with van der Waals surface area (Å²) >= 11 is 0. The lowest BCUT2D eigenvalue weighted by atomic mass is 10.1. The molecule has 1 rings (SSSR count). The first-order valence-corrected chi connectivity index (χ1v) is 6.63. The van der Waals surface area contributed by atoms with Crippen LogP contribution in [0.25, 0.3) is 0 Å². The lowest BCUT2D eigenvalue weighted by Gasteiger charge is -2.09. The Kier molecular flexibility index (Phi) is 6.70. The van der Waals surface area contributed by atoms with Gasteiger partial charge in [0.25, 0.3) is 0 Å². The summed E-state index contributed by atoms with van der Waals surface area (Å²) in [5, 5.41) is 11.5. The third-order valence-corrected chi connectivity index (χ3v) is 2.95. The Morgan fingerprint density at radius 3 is 2.63 bits per heavy atom. The van der Waals surface area contributed by atoms with Crippen molar-refractivity contribution in [3.05, 3.63) is 35.4 Å². The number of aliphatic hydroxyl groups excluding tert-OH is 1. The van der Waals surface area contributed by atoms with E-state index in [1.807, 2.05) is 38.1 Å². The summed E-state index contributed by atoms with van der Waals surface area (Å²) in [6, 6.07) is 7.77. The summed E-state index contributed by atoms with van der Waals surface area (Å²) in [5.41, 5.74) is 1.98. The summed E-state index contributed by atoms with van der Waals surface area (Å²) < 4.78 is 0. The van der Waals surface area contributed by atoms with E-state index in [-0.39, 0.29) is 18.4 Å². The average molecular weight is 259 g/mol. The van der Waals surface area contributed by atoms with Crippen molar-refractivity contribution in [1.29, 1.82) is 0 Å². The Morgan fingerprint density at radius 2 is 2.05 bits per heavy atom. The maximum atomic E-state index is 11.6. The number of aliphatic hydroxyl groups is 1. The van der Waals surface area contributed by atoms with Crippen LogP contribution in [0.2, 0.25) is 0 Å². The lowest BCUT2D eigenvalue weighted by molar-refractivity contribution is -0.124. The van der Waals surface area contributed by atoms with Crippen LogP contribution < -0.4 is 5.32 Å². The minimum atomic E-state index is 0.0589. The number of benzene rings is 1. The van der Waals surface area contributed by atoms with Crippen LogP contribution in [-0.4, -0.2) is 17.6 Å². The Bertz CT molecular complexity index is 454. The van der Waals surface area contributed by atoms with E-state index in [1.165, 1.54) is 0 Å². The van der Waals surface area contributed by atoms with Gasteiger partial charge < -0.3 is 10.4 Å². The van der Waals surface area contributed by atoms with Crippen LogP contribution in [0.3, 0.4) is 0 Å². The molecule has 1 atom stereocenters. The fraction of sp³-hybridized carbons (Fsp3) is 0.438. The van der Waals surface area contributed by atoms with Crippen molar-refractivity contribution in [3.63, 3.8) is 0 Å². The Morgan fingerprint density at radius 1 is 1.37 bits per heavy atom. The van der Waals surface area contributed by atoms with Gasteiger partial charge in [-0.1, -0.05) is 37.8 Å². The molecule has 0 bridgehead atoms. The molecule has 1 aromatic carbocycles. The molecule has 0 aromatic heterocycles. The topological polar surface area (TPSA) is 49.3 Å². The van der Waals surface area contributed by atoms with Crippen molar-refractivity contribution in [2.24, 2.45) is 5.92 Å². The molecular formula is C16H21NO2. The van der Waals surface area contributed by atoms with E-state index in [9.17, 15) is 4.79 Å². The minimum Gasteiger partial charge on any atom is -0.395 e. The number of rotatable bonds is 5. The first-order chi connectivity index (χ1) is 9.17. The zero-order valence-corrected chi connectivity index (χ0v) is 11.6. The molecule has 0 aliphatic heterocycles. The summed E-state index contributed by atoms with van der Waals surface area (Å²) in [6.07, 6.45) is 1.35. The van der Waals surface area contributed by atoms with E-state index in [0.29, 0.717) is 13.0 Å². The van der Waals surface area contributed by atoms with Crippen LogP contribution in [0.4, 0.5) is 0 Å². The lowest BCUT2D eigenvalue weighted by Crippen LogP contribution is -2.28. The molecule has 19 heavy (non-hydrogen) atoms. The number of hydrogen-bond donors (Lipinski definition) is 2. The van der Waals surface area contributed by atoms with Crippen molar-refractivity contribution >= 4 is 5.91 Å². The van der Waals surface area contributed by atoms with E-state index < -0.39 is 0 Å². The molecule has 2 N–H and O–H groups in total. The van der Waals surface area contributed by atoms with Gasteiger partial charge in [-0.25, -0.2) is 0 Å². The molecule has 1 unspecified atom stereocenters. The first-order valence-electron chi connectivity index (χ1n) is 6.63.